The number of thiophene rings is 1. The van der Waals surface area contributed by atoms with Crippen LogP contribution >= 0.6 is 11.3 Å². The third kappa shape index (κ3) is 1.98. The monoisotopic (exact) mass is 275 g/mol. The molecule has 0 saturated carbocycles. The maximum atomic E-state index is 11.9. The van der Waals surface area contributed by atoms with Crippen LogP contribution in [0.3, 0.4) is 0 Å². The molecule has 0 atom stereocenters. The first-order chi connectivity index (χ1) is 9.20. The normalized spacial score (nSPS) is 11.3. The highest BCUT2D eigenvalue weighted by Gasteiger charge is 2.12. The van der Waals surface area contributed by atoms with Crippen molar-refractivity contribution in [3.8, 4) is 10.6 Å². The van der Waals surface area contributed by atoms with Gasteiger partial charge in [0.05, 0.1) is 10.6 Å². The Morgan fingerprint density at radius 1 is 1.53 bits per heavy atom. The van der Waals surface area contributed by atoms with Gasteiger partial charge in [-0.25, -0.2) is 4.52 Å². The van der Waals surface area contributed by atoms with Gasteiger partial charge in [0, 0.05) is 24.7 Å². The van der Waals surface area contributed by atoms with Crippen molar-refractivity contribution in [3.05, 3.63) is 45.2 Å². The lowest BCUT2D eigenvalue weighted by Crippen LogP contribution is -2.19. The standard InChI is InChI=1S/C13H13N3O2S/c1-8-9(4-5-17)13(18)14-12-7-10(15-16(8)12)11-3-2-6-19-11/h2-3,6-7,17H,4-5H2,1H3,(H,14,18). The summed E-state index contributed by atoms with van der Waals surface area (Å²) in [4.78, 5) is 15.8. The van der Waals surface area contributed by atoms with Crippen LogP contribution in [-0.4, -0.2) is 26.3 Å². The first-order valence-electron chi connectivity index (χ1n) is 5.97. The third-order valence-corrected chi connectivity index (χ3v) is 4.01. The molecule has 3 rings (SSSR count). The maximum Gasteiger partial charge on any atom is 0.254 e. The van der Waals surface area contributed by atoms with E-state index < -0.39 is 0 Å². The van der Waals surface area contributed by atoms with Crippen molar-refractivity contribution in [2.75, 3.05) is 6.61 Å². The van der Waals surface area contributed by atoms with Gasteiger partial charge in [0.15, 0.2) is 0 Å². The van der Waals surface area contributed by atoms with Gasteiger partial charge in [-0.15, -0.1) is 11.3 Å². The number of hydrogen-bond acceptors (Lipinski definition) is 4. The summed E-state index contributed by atoms with van der Waals surface area (Å²) < 4.78 is 1.72. The van der Waals surface area contributed by atoms with Gasteiger partial charge >= 0.3 is 0 Å². The Hall–Kier alpha value is -1.92. The number of aliphatic hydroxyl groups excluding tert-OH is 1. The van der Waals surface area contributed by atoms with Crippen molar-refractivity contribution in [3.63, 3.8) is 0 Å². The van der Waals surface area contributed by atoms with Crippen molar-refractivity contribution in [1.29, 1.82) is 0 Å². The van der Waals surface area contributed by atoms with Gasteiger partial charge in [-0.05, 0) is 18.4 Å². The Bertz CT molecular complexity index is 771. The highest BCUT2D eigenvalue weighted by molar-refractivity contribution is 7.13. The molecule has 3 heterocycles. The summed E-state index contributed by atoms with van der Waals surface area (Å²) in [7, 11) is 0. The molecule has 0 aliphatic carbocycles. The van der Waals surface area contributed by atoms with Gasteiger partial charge in [-0.1, -0.05) is 6.07 Å². The Labute approximate surface area is 113 Å². The molecule has 19 heavy (non-hydrogen) atoms. The molecule has 0 fully saturated rings. The van der Waals surface area contributed by atoms with E-state index >= 15 is 0 Å². The molecule has 0 aliphatic rings. The highest BCUT2D eigenvalue weighted by atomic mass is 32.1. The van der Waals surface area contributed by atoms with Crippen molar-refractivity contribution in [2.45, 2.75) is 13.3 Å². The van der Waals surface area contributed by atoms with Crippen LogP contribution in [0.4, 0.5) is 0 Å². The molecule has 0 aromatic carbocycles. The highest BCUT2D eigenvalue weighted by Crippen LogP contribution is 2.24. The molecule has 5 nitrogen and oxygen atoms in total. The maximum absolute atomic E-state index is 11.9. The van der Waals surface area contributed by atoms with E-state index in [1.165, 1.54) is 0 Å². The summed E-state index contributed by atoms with van der Waals surface area (Å²) in [6, 6.07) is 5.83. The van der Waals surface area contributed by atoms with Crippen LogP contribution in [0, 0.1) is 6.92 Å². The van der Waals surface area contributed by atoms with E-state index in [2.05, 4.69) is 10.1 Å². The van der Waals surface area contributed by atoms with Crippen molar-refractivity contribution < 1.29 is 5.11 Å². The Kier molecular flexibility index (Phi) is 2.96. The summed E-state index contributed by atoms with van der Waals surface area (Å²) in [5, 5.41) is 15.5. The molecule has 0 bridgehead atoms. The minimum atomic E-state index is -0.156. The second-order valence-corrected chi connectivity index (χ2v) is 5.24. The van der Waals surface area contributed by atoms with Gasteiger partial charge in [0.2, 0.25) is 0 Å². The minimum absolute atomic E-state index is 0.0471. The fourth-order valence-corrected chi connectivity index (χ4v) is 2.84. The van der Waals surface area contributed by atoms with E-state index in [0.717, 1.165) is 16.3 Å². The first kappa shape index (κ1) is 12.1. The summed E-state index contributed by atoms with van der Waals surface area (Å²) in [5.74, 6) is 0. The largest absolute Gasteiger partial charge is 0.396 e. The average molecular weight is 275 g/mol. The Balaban J connectivity index is 2.23. The number of nitrogens with zero attached hydrogens (tertiary/aromatic N) is 2. The van der Waals surface area contributed by atoms with Crippen molar-refractivity contribution in [1.82, 2.24) is 14.6 Å². The van der Waals surface area contributed by atoms with Gasteiger partial charge in [0.25, 0.3) is 5.56 Å². The van der Waals surface area contributed by atoms with Crippen LogP contribution in [0.5, 0.6) is 0 Å². The zero-order valence-electron chi connectivity index (χ0n) is 10.4. The number of aliphatic hydroxyl groups is 1. The third-order valence-electron chi connectivity index (χ3n) is 3.11. The van der Waals surface area contributed by atoms with Gasteiger partial charge in [-0.3, -0.25) is 4.79 Å². The van der Waals surface area contributed by atoms with Crippen molar-refractivity contribution >= 4 is 17.0 Å². The van der Waals surface area contributed by atoms with E-state index in [0.29, 0.717) is 17.6 Å². The predicted molar refractivity (Wildman–Crippen MR) is 74.7 cm³/mol. The quantitative estimate of drug-likeness (QED) is 0.762. The molecular weight excluding hydrogens is 262 g/mol. The fraction of sp³-hybridized carbons (Fsp3) is 0.231. The number of aryl methyl sites for hydroxylation is 1. The van der Waals surface area contributed by atoms with E-state index in [-0.39, 0.29) is 12.2 Å². The van der Waals surface area contributed by atoms with Crippen LogP contribution in [0.1, 0.15) is 11.3 Å². The molecule has 0 saturated heterocycles. The van der Waals surface area contributed by atoms with Crippen LogP contribution in [0.2, 0.25) is 0 Å². The number of hydrogen-bond donors (Lipinski definition) is 2. The molecule has 2 N–H and O–H groups in total. The molecule has 0 aliphatic heterocycles. The molecule has 0 spiro atoms. The number of H-pyrrole nitrogens is 1. The minimum Gasteiger partial charge on any atom is -0.396 e. The van der Waals surface area contributed by atoms with E-state index in [1.807, 2.05) is 30.5 Å². The van der Waals surface area contributed by atoms with Crippen LogP contribution in [0.25, 0.3) is 16.2 Å². The van der Waals surface area contributed by atoms with Crippen LogP contribution in [0.15, 0.2) is 28.4 Å². The van der Waals surface area contributed by atoms with Crippen LogP contribution < -0.4 is 5.56 Å². The molecule has 0 amide bonds. The molecule has 6 heteroatoms. The first-order valence-corrected chi connectivity index (χ1v) is 6.85. The van der Waals surface area contributed by atoms with E-state index in [1.54, 1.807) is 15.9 Å². The smallest absolute Gasteiger partial charge is 0.254 e. The summed E-state index contributed by atoms with van der Waals surface area (Å²) in [6.07, 6.45) is 0.339. The SMILES string of the molecule is Cc1c(CCO)c(=O)[nH]c2cc(-c3cccs3)nn12. The molecule has 3 aromatic heterocycles. The van der Waals surface area contributed by atoms with Gasteiger partial charge < -0.3 is 10.1 Å². The summed E-state index contributed by atoms with van der Waals surface area (Å²) in [5.41, 5.74) is 2.71. The fourth-order valence-electron chi connectivity index (χ4n) is 2.16. The second kappa shape index (κ2) is 4.64. The van der Waals surface area contributed by atoms with E-state index in [9.17, 15) is 4.79 Å². The Morgan fingerprint density at radius 2 is 2.37 bits per heavy atom. The zero-order chi connectivity index (χ0) is 13.4. The zero-order valence-corrected chi connectivity index (χ0v) is 11.2. The molecule has 0 radical (unpaired) electrons. The molecular formula is C13H13N3O2S. The van der Waals surface area contributed by atoms with Gasteiger partial charge in [-0.2, -0.15) is 5.10 Å². The Morgan fingerprint density at radius 3 is 3.05 bits per heavy atom. The lowest BCUT2D eigenvalue weighted by molar-refractivity contribution is 0.298. The second-order valence-electron chi connectivity index (χ2n) is 4.30. The molecule has 0 unspecified atom stereocenters. The lowest BCUT2D eigenvalue weighted by atomic mass is 10.2. The number of nitrogens with one attached hydrogen (secondary N) is 1. The van der Waals surface area contributed by atoms with Gasteiger partial charge in [0.1, 0.15) is 11.3 Å². The number of rotatable bonds is 3. The lowest BCUT2D eigenvalue weighted by Gasteiger charge is -2.04. The number of aromatic nitrogens is 3. The average Bonchev–Trinajstić information content (AvgIpc) is 3.02. The molecule has 98 valence electrons. The molecule has 3 aromatic rings. The van der Waals surface area contributed by atoms with E-state index in [4.69, 9.17) is 5.11 Å². The van der Waals surface area contributed by atoms with Crippen molar-refractivity contribution in [2.24, 2.45) is 0 Å². The number of fused-ring (bicyclic) bond motifs is 1. The predicted octanol–water partition coefficient (Wildman–Crippen LogP) is 1.59. The summed E-state index contributed by atoms with van der Waals surface area (Å²) >= 11 is 1.61. The topological polar surface area (TPSA) is 70.4 Å². The van der Waals surface area contributed by atoms with Crippen LogP contribution in [-0.2, 0) is 6.42 Å². The summed E-state index contributed by atoms with van der Waals surface area (Å²) in [6.45, 7) is 1.80. The number of aromatic amines is 1.